The summed E-state index contributed by atoms with van der Waals surface area (Å²) in [5.41, 5.74) is 6.91. The van der Waals surface area contributed by atoms with Gasteiger partial charge in [-0.2, -0.15) is 0 Å². The van der Waals surface area contributed by atoms with Gasteiger partial charge in [0.25, 0.3) is 0 Å². The SMILES string of the molecule is C1CCOC1.N=Cc1cc(Br)ccc1N. The number of benzene rings is 1. The van der Waals surface area contributed by atoms with Gasteiger partial charge < -0.3 is 15.9 Å². The van der Waals surface area contributed by atoms with Crippen molar-refractivity contribution in [1.29, 1.82) is 5.41 Å². The highest BCUT2D eigenvalue weighted by Gasteiger charge is 1.95. The van der Waals surface area contributed by atoms with Crippen LogP contribution in [0.15, 0.2) is 22.7 Å². The molecule has 0 bridgehead atoms. The molecule has 0 aromatic heterocycles. The van der Waals surface area contributed by atoms with Crippen molar-refractivity contribution < 1.29 is 4.74 Å². The Bertz CT molecular complexity index is 317. The van der Waals surface area contributed by atoms with Crippen LogP contribution in [-0.2, 0) is 4.74 Å². The molecule has 1 fully saturated rings. The molecule has 15 heavy (non-hydrogen) atoms. The fourth-order valence-electron chi connectivity index (χ4n) is 1.18. The van der Waals surface area contributed by atoms with Gasteiger partial charge in [-0.3, -0.25) is 0 Å². The molecule has 0 spiro atoms. The van der Waals surface area contributed by atoms with E-state index < -0.39 is 0 Å². The van der Waals surface area contributed by atoms with Crippen LogP contribution in [-0.4, -0.2) is 19.4 Å². The topological polar surface area (TPSA) is 59.1 Å². The zero-order valence-electron chi connectivity index (χ0n) is 8.50. The molecule has 1 aromatic rings. The quantitative estimate of drug-likeness (QED) is 0.609. The second-order valence-corrected chi connectivity index (χ2v) is 4.15. The van der Waals surface area contributed by atoms with Gasteiger partial charge in [-0.05, 0) is 31.0 Å². The van der Waals surface area contributed by atoms with Crippen molar-refractivity contribution in [1.82, 2.24) is 0 Å². The molecule has 1 aromatic carbocycles. The van der Waals surface area contributed by atoms with Gasteiger partial charge in [0, 0.05) is 35.2 Å². The molecule has 3 nitrogen and oxygen atoms in total. The fourth-order valence-corrected chi connectivity index (χ4v) is 1.56. The normalized spacial score (nSPS) is 14.2. The lowest BCUT2D eigenvalue weighted by Gasteiger charge is -1.97. The third-order valence-electron chi connectivity index (χ3n) is 2.03. The molecule has 1 aliphatic rings. The average molecular weight is 271 g/mol. The van der Waals surface area contributed by atoms with E-state index in [1.165, 1.54) is 19.1 Å². The number of nitrogens with one attached hydrogen (secondary N) is 1. The van der Waals surface area contributed by atoms with Crippen LogP contribution in [0.2, 0.25) is 0 Å². The van der Waals surface area contributed by atoms with E-state index in [2.05, 4.69) is 15.9 Å². The van der Waals surface area contributed by atoms with Gasteiger partial charge >= 0.3 is 0 Å². The molecule has 1 heterocycles. The van der Waals surface area contributed by atoms with E-state index in [9.17, 15) is 0 Å². The van der Waals surface area contributed by atoms with E-state index in [0.717, 1.165) is 23.2 Å². The van der Waals surface area contributed by atoms with Gasteiger partial charge in [0.1, 0.15) is 0 Å². The molecule has 0 saturated carbocycles. The van der Waals surface area contributed by atoms with Gasteiger partial charge in [0.2, 0.25) is 0 Å². The number of hydrogen-bond donors (Lipinski definition) is 2. The number of nitrogens with two attached hydrogens (primary N) is 1. The summed E-state index contributed by atoms with van der Waals surface area (Å²) >= 11 is 3.28. The summed E-state index contributed by atoms with van der Waals surface area (Å²) in [6.45, 7) is 2.00. The van der Waals surface area contributed by atoms with Gasteiger partial charge in [-0.15, -0.1) is 0 Å². The van der Waals surface area contributed by atoms with Gasteiger partial charge in [-0.25, -0.2) is 0 Å². The molecule has 2 rings (SSSR count). The number of halogens is 1. The van der Waals surface area contributed by atoms with Crippen LogP contribution >= 0.6 is 15.9 Å². The first-order valence-electron chi connectivity index (χ1n) is 4.87. The van der Waals surface area contributed by atoms with Crippen LogP contribution in [0.25, 0.3) is 0 Å². The Morgan fingerprint density at radius 1 is 1.33 bits per heavy atom. The van der Waals surface area contributed by atoms with Crippen LogP contribution < -0.4 is 5.73 Å². The molecule has 0 amide bonds. The maximum absolute atomic E-state index is 6.96. The van der Waals surface area contributed by atoms with Crippen molar-refractivity contribution in [3.63, 3.8) is 0 Å². The minimum atomic E-state index is 0.637. The standard InChI is InChI=1S/C7H7BrN2.C4H8O/c8-6-1-2-7(10)5(3-6)4-9;1-2-4-5-3-1/h1-4,9H,10H2;1-4H2. The van der Waals surface area contributed by atoms with Crippen LogP contribution in [0.4, 0.5) is 5.69 Å². The average Bonchev–Trinajstić information content (AvgIpc) is 2.80. The summed E-state index contributed by atoms with van der Waals surface area (Å²) in [5.74, 6) is 0. The minimum absolute atomic E-state index is 0.637. The Morgan fingerprint density at radius 3 is 2.40 bits per heavy atom. The summed E-state index contributed by atoms with van der Waals surface area (Å²) in [6.07, 6.45) is 3.79. The second-order valence-electron chi connectivity index (χ2n) is 3.24. The number of anilines is 1. The first-order chi connectivity index (χ1) is 7.24. The predicted octanol–water partition coefficient (Wildman–Crippen LogP) is 2.83. The lowest BCUT2D eigenvalue weighted by Crippen LogP contribution is -1.91. The van der Waals surface area contributed by atoms with E-state index in [1.807, 2.05) is 12.1 Å². The Balaban J connectivity index is 0.000000187. The largest absolute Gasteiger partial charge is 0.398 e. The highest BCUT2D eigenvalue weighted by molar-refractivity contribution is 9.10. The van der Waals surface area contributed by atoms with Crippen LogP contribution in [0.5, 0.6) is 0 Å². The Labute approximate surface area is 98.3 Å². The van der Waals surface area contributed by atoms with Crippen molar-refractivity contribution in [2.75, 3.05) is 18.9 Å². The molecular weight excluding hydrogens is 256 g/mol. The zero-order chi connectivity index (χ0) is 11.1. The third-order valence-corrected chi connectivity index (χ3v) is 2.52. The third kappa shape index (κ3) is 4.44. The number of rotatable bonds is 1. The van der Waals surface area contributed by atoms with Crippen molar-refractivity contribution in [2.45, 2.75) is 12.8 Å². The number of ether oxygens (including phenoxy) is 1. The lowest BCUT2D eigenvalue weighted by atomic mass is 10.2. The molecule has 0 atom stereocenters. The van der Waals surface area contributed by atoms with Crippen molar-refractivity contribution in [2.24, 2.45) is 0 Å². The van der Waals surface area contributed by atoms with E-state index in [-0.39, 0.29) is 0 Å². The molecule has 0 aliphatic carbocycles. The molecule has 1 saturated heterocycles. The van der Waals surface area contributed by atoms with E-state index in [0.29, 0.717) is 5.69 Å². The highest BCUT2D eigenvalue weighted by Crippen LogP contribution is 2.16. The zero-order valence-corrected chi connectivity index (χ0v) is 10.1. The van der Waals surface area contributed by atoms with E-state index in [4.69, 9.17) is 15.9 Å². The molecule has 4 heteroatoms. The van der Waals surface area contributed by atoms with Crippen LogP contribution in [0.3, 0.4) is 0 Å². The van der Waals surface area contributed by atoms with Crippen LogP contribution in [0, 0.1) is 5.41 Å². The maximum Gasteiger partial charge on any atom is 0.0466 e. The number of hydrogen-bond acceptors (Lipinski definition) is 3. The van der Waals surface area contributed by atoms with Gasteiger partial charge in [0.05, 0.1) is 0 Å². The molecule has 82 valence electrons. The molecule has 0 radical (unpaired) electrons. The molecule has 0 unspecified atom stereocenters. The molecule has 3 N–H and O–H groups in total. The molecular formula is C11H15BrN2O. The van der Waals surface area contributed by atoms with Crippen molar-refractivity contribution in [3.05, 3.63) is 28.2 Å². The fraction of sp³-hybridized carbons (Fsp3) is 0.364. The minimum Gasteiger partial charge on any atom is -0.398 e. The Morgan fingerprint density at radius 2 is 2.00 bits per heavy atom. The maximum atomic E-state index is 6.96. The summed E-state index contributed by atoms with van der Waals surface area (Å²) in [4.78, 5) is 0. The monoisotopic (exact) mass is 270 g/mol. The summed E-state index contributed by atoms with van der Waals surface area (Å²) in [6, 6.07) is 5.43. The first-order valence-corrected chi connectivity index (χ1v) is 5.66. The lowest BCUT2D eigenvalue weighted by molar-refractivity contribution is 0.198. The van der Waals surface area contributed by atoms with Gasteiger partial charge in [-0.1, -0.05) is 15.9 Å². The smallest absolute Gasteiger partial charge is 0.0466 e. The van der Waals surface area contributed by atoms with Crippen molar-refractivity contribution >= 4 is 27.8 Å². The van der Waals surface area contributed by atoms with Gasteiger partial charge in [0.15, 0.2) is 0 Å². The van der Waals surface area contributed by atoms with Crippen LogP contribution in [0.1, 0.15) is 18.4 Å². The summed E-state index contributed by atoms with van der Waals surface area (Å²) in [7, 11) is 0. The Kier molecular flexibility index (Phi) is 5.36. The second kappa shape index (κ2) is 6.58. The van der Waals surface area contributed by atoms with Crippen molar-refractivity contribution in [3.8, 4) is 0 Å². The van der Waals surface area contributed by atoms with E-state index >= 15 is 0 Å². The number of nitrogen functional groups attached to an aromatic ring is 1. The summed E-state index contributed by atoms with van der Waals surface area (Å²) < 4.78 is 5.89. The summed E-state index contributed by atoms with van der Waals surface area (Å²) in [5, 5.41) is 6.96. The predicted molar refractivity (Wildman–Crippen MR) is 66.5 cm³/mol. The van der Waals surface area contributed by atoms with E-state index in [1.54, 1.807) is 6.07 Å². The first kappa shape index (κ1) is 12.2. The highest BCUT2D eigenvalue weighted by atomic mass is 79.9. The molecule has 1 aliphatic heterocycles. The Hall–Kier alpha value is -0.870.